The molecule has 0 aliphatic rings. The minimum absolute atomic E-state index is 0.527. The van der Waals surface area contributed by atoms with Crippen molar-refractivity contribution in [3.8, 4) is 0 Å². The van der Waals surface area contributed by atoms with E-state index in [4.69, 9.17) is 0 Å². The van der Waals surface area contributed by atoms with Crippen LogP contribution in [0.2, 0.25) is 0 Å². The van der Waals surface area contributed by atoms with Crippen molar-refractivity contribution < 1.29 is 5.11 Å². The summed E-state index contributed by atoms with van der Waals surface area (Å²) >= 11 is 5.72. The summed E-state index contributed by atoms with van der Waals surface area (Å²) in [6, 6.07) is 9.93. The second-order valence-corrected chi connectivity index (χ2v) is 6.31. The molecule has 0 aliphatic carbocycles. The Morgan fingerprint density at radius 2 is 2.11 bits per heavy atom. The van der Waals surface area contributed by atoms with E-state index in [1.54, 1.807) is 0 Å². The standard InChI is InChI=1S/C14H13BrINO/c1-9-2-4-11(17-8-9)7-14(18)12-6-10(16)3-5-13(12)15/h2-6,8,14,18H,7H2,1H3. The lowest BCUT2D eigenvalue weighted by molar-refractivity contribution is 0.176. The number of benzene rings is 1. The van der Waals surface area contributed by atoms with Gasteiger partial charge in [-0.1, -0.05) is 22.0 Å². The number of nitrogens with zero attached hydrogens (tertiary/aromatic N) is 1. The maximum Gasteiger partial charge on any atom is 0.0856 e. The second kappa shape index (κ2) is 6.12. The van der Waals surface area contributed by atoms with Gasteiger partial charge in [0.15, 0.2) is 0 Å². The molecule has 2 aromatic rings. The quantitative estimate of drug-likeness (QED) is 0.764. The van der Waals surface area contributed by atoms with Gasteiger partial charge in [-0.25, -0.2) is 0 Å². The van der Waals surface area contributed by atoms with Crippen molar-refractivity contribution in [2.75, 3.05) is 0 Å². The predicted molar refractivity (Wildman–Crippen MR) is 84.5 cm³/mol. The monoisotopic (exact) mass is 417 g/mol. The van der Waals surface area contributed by atoms with Gasteiger partial charge in [0, 0.05) is 26.4 Å². The van der Waals surface area contributed by atoms with Crippen LogP contribution in [0.1, 0.15) is 22.9 Å². The van der Waals surface area contributed by atoms with E-state index in [0.29, 0.717) is 6.42 Å². The van der Waals surface area contributed by atoms with Crippen LogP contribution in [-0.4, -0.2) is 10.1 Å². The van der Waals surface area contributed by atoms with E-state index in [1.165, 1.54) is 0 Å². The summed E-state index contributed by atoms with van der Waals surface area (Å²) in [7, 11) is 0. The summed E-state index contributed by atoms with van der Waals surface area (Å²) in [5.74, 6) is 0. The van der Waals surface area contributed by atoms with Gasteiger partial charge in [0.25, 0.3) is 0 Å². The molecule has 0 aliphatic heterocycles. The number of aromatic nitrogens is 1. The van der Waals surface area contributed by atoms with Crippen LogP contribution in [0.5, 0.6) is 0 Å². The lowest BCUT2D eigenvalue weighted by Crippen LogP contribution is -2.04. The van der Waals surface area contributed by atoms with E-state index < -0.39 is 6.10 Å². The number of aryl methyl sites for hydroxylation is 1. The van der Waals surface area contributed by atoms with Crippen LogP contribution in [0.3, 0.4) is 0 Å². The van der Waals surface area contributed by atoms with Gasteiger partial charge in [-0.3, -0.25) is 4.98 Å². The fourth-order valence-electron chi connectivity index (χ4n) is 1.70. The molecular weight excluding hydrogens is 405 g/mol. The zero-order chi connectivity index (χ0) is 13.1. The van der Waals surface area contributed by atoms with Crippen molar-refractivity contribution in [2.24, 2.45) is 0 Å². The van der Waals surface area contributed by atoms with Crippen LogP contribution in [-0.2, 0) is 6.42 Å². The highest BCUT2D eigenvalue weighted by atomic mass is 127. The van der Waals surface area contributed by atoms with Crippen LogP contribution in [0.15, 0.2) is 41.0 Å². The van der Waals surface area contributed by atoms with E-state index >= 15 is 0 Å². The van der Waals surface area contributed by atoms with Gasteiger partial charge < -0.3 is 5.11 Å². The smallest absolute Gasteiger partial charge is 0.0856 e. The zero-order valence-corrected chi connectivity index (χ0v) is 13.6. The van der Waals surface area contributed by atoms with Crippen molar-refractivity contribution in [3.63, 3.8) is 0 Å². The molecule has 94 valence electrons. The summed E-state index contributed by atoms with van der Waals surface area (Å²) in [6.07, 6.45) is 1.81. The third kappa shape index (κ3) is 3.52. The molecule has 4 heteroatoms. The average molecular weight is 418 g/mol. The van der Waals surface area contributed by atoms with Gasteiger partial charge in [0.05, 0.1) is 6.10 Å². The molecule has 2 nitrogen and oxygen atoms in total. The summed E-state index contributed by atoms with van der Waals surface area (Å²) in [6.45, 7) is 2.00. The minimum Gasteiger partial charge on any atom is -0.388 e. The SMILES string of the molecule is Cc1ccc(CC(O)c2cc(I)ccc2Br)nc1. The lowest BCUT2D eigenvalue weighted by atomic mass is 10.0. The van der Waals surface area contributed by atoms with Crippen molar-refractivity contribution >= 4 is 38.5 Å². The Balaban J connectivity index is 2.18. The fourth-order valence-corrected chi connectivity index (χ4v) is 2.72. The van der Waals surface area contributed by atoms with Crippen LogP contribution in [0.4, 0.5) is 0 Å². The lowest BCUT2D eigenvalue weighted by Gasteiger charge is -2.13. The van der Waals surface area contributed by atoms with E-state index in [-0.39, 0.29) is 0 Å². The van der Waals surface area contributed by atoms with Crippen molar-refractivity contribution in [2.45, 2.75) is 19.4 Å². The summed E-state index contributed by atoms with van der Waals surface area (Å²) in [4.78, 5) is 4.32. The van der Waals surface area contributed by atoms with Crippen molar-refractivity contribution in [3.05, 3.63) is 61.4 Å². The summed E-state index contributed by atoms with van der Waals surface area (Å²) in [5.41, 5.74) is 2.94. The van der Waals surface area contributed by atoms with E-state index in [2.05, 4.69) is 43.5 Å². The van der Waals surface area contributed by atoms with Crippen molar-refractivity contribution in [1.29, 1.82) is 0 Å². The Hall–Kier alpha value is -0.460. The summed E-state index contributed by atoms with van der Waals surface area (Å²) < 4.78 is 2.05. The number of rotatable bonds is 3. The van der Waals surface area contributed by atoms with Crippen LogP contribution < -0.4 is 0 Å². The third-order valence-corrected chi connectivity index (χ3v) is 4.09. The first-order valence-electron chi connectivity index (χ1n) is 5.61. The Labute approximate surface area is 129 Å². The topological polar surface area (TPSA) is 33.1 Å². The molecule has 1 N–H and O–H groups in total. The Morgan fingerprint density at radius 3 is 2.78 bits per heavy atom. The maximum absolute atomic E-state index is 10.3. The van der Waals surface area contributed by atoms with E-state index in [9.17, 15) is 5.11 Å². The normalized spacial score (nSPS) is 12.4. The van der Waals surface area contributed by atoms with Crippen LogP contribution in [0, 0.1) is 10.5 Å². The number of hydrogen-bond donors (Lipinski definition) is 1. The molecule has 1 aromatic heterocycles. The zero-order valence-electron chi connectivity index (χ0n) is 9.90. The van der Waals surface area contributed by atoms with Gasteiger partial charge >= 0.3 is 0 Å². The van der Waals surface area contributed by atoms with Crippen molar-refractivity contribution in [1.82, 2.24) is 4.98 Å². The number of halogens is 2. The number of aliphatic hydroxyl groups excluding tert-OH is 1. The van der Waals surface area contributed by atoms with Crippen LogP contribution >= 0.6 is 38.5 Å². The van der Waals surface area contributed by atoms with Gasteiger partial charge in [-0.05, 0) is 64.9 Å². The first-order chi connectivity index (χ1) is 8.56. The molecule has 2 rings (SSSR count). The molecule has 0 radical (unpaired) electrons. The molecule has 1 heterocycles. The van der Waals surface area contributed by atoms with Gasteiger partial charge in [-0.15, -0.1) is 0 Å². The Morgan fingerprint density at radius 1 is 1.33 bits per heavy atom. The molecule has 0 bridgehead atoms. The average Bonchev–Trinajstić information content (AvgIpc) is 2.35. The van der Waals surface area contributed by atoms with E-state index in [1.807, 2.05) is 43.5 Å². The number of pyridine rings is 1. The van der Waals surface area contributed by atoms with Crippen LogP contribution in [0.25, 0.3) is 0 Å². The Kier molecular flexibility index (Phi) is 4.75. The third-order valence-electron chi connectivity index (χ3n) is 2.69. The first kappa shape index (κ1) is 14.0. The van der Waals surface area contributed by atoms with Gasteiger partial charge in [0.1, 0.15) is 0 Å². The fraction of sp³-hybridized carbons (Fsp3) is 0.214. The largest absolute Gasteiger partial charge is 0.388 e. The summed E-state index contributed by atoms with van der Waals surface area (Å²) in [5, 5.41) is 10.3. The van der Waals surface area contributed by atoms with Gasteiger partial charge in [0.2, 0.25) is 0 Å². The highest BCUT2D eigenvalue weighted by molar-refractivity contribution is 14.1. The Bertz CT molecular complexity index is 542. The molecule has 0 amide bonds. The molecular formula is C14H13BrINO. The number of hydrogen-bond acceptors (Lipinski definition) is 2. The maximum atomic E-state index is 10.3. The molecule has 0 saturated heterocycles. The molecule has 1 aromatic carbocycles. The predicted octanol–water partition coefficient (Wildman–Crippen LogP) is 4.03. The highest BCUT2D eigenvalue weighted by Crippen LogP contribution is 2.27. The molecule has 18 heavy (non-hydrogen) atoms. The minimum atomic E-state index is -0.538. The highest BCUT2D eigenvalue weighted by Gasteiger charge is 2.13. The second-order valence-electron chi connectivity index (χ2n) is 4.21. The number of aliphatic hydroxyl groups is 1. The molecule has 1 atom stereocenters. The molecule has 0 saturated carbocycles. The van der Waals surface area contributed by atoms with Gasteiger partial charge in [-0.2, -0.15) is 0 Å². The molecule has 0 spiro atoms. The molecule has 0 fully saturated rings. The first-order valence-corrected chi connectivity index (χ1v) is 7.48. The van der Waals surface area contributed by atoms with E-state index in [0.717, 1.165) is 24.9 Å². The molecule has 1 unspecified atom stereocenters.